The van der Waals surface area contributed by atoms with E-state index in [1.165, 1.54) is 6.07 Å². The molecule has 2 aromatic rings. The second-order valence-electron chi connectivity index (χ2n) is 3.90. The largest absolute Gasteiger partial charge is 0.308 e. The Morgan fingerprint density at radius 1 is 0.895 bits per heavy atom. The number of hydrogen-bond donors (Lipinski definition) is 1. The van der Waals surface area contributed by atoms with Crippen LogP contribution in [-0.4, -0.2) is 0 Å². The number of halogens is 4. The lowest BCUT2D eigenvalue weighted by molar-refractivity contribution is 0.588. The first-order valence-corrected chi connectivity index (χ1v) is 6.31. The minimum absolute atomic E-state index is 0. The number of nitrogens with one attached hydrogen (secondary N) is 1. The summed E-state index contributed by atoms with van der Waals surface area (Å²) < 4.78 is 13.5. The predicted octanol–water partition coefficient (Wildman–Crippen LogP) is 4.84. The number of hydrogen-bond acceptors (Lipinski definition) is 1. The average molecular weight is 321 g/mol. The number of rotatable bonds is 4. The van der Waals surface area contributed by atoms with Crippen molar-refractivity contribution in [2.75, 3.05) is 0 Å². The molecule has 0 aromatic heterocycles. The normalized spacial score (nSPS) is 10.1. The van der Waals surface area contributed by atoms with Crippen molar-refractivity contribution in [1.82, 2.24) is 5.32 Å². The summed E-state index contributed by atoms with van der Waals surface area (Å²) in [7, 11) is 0. The van der Waals surface area contributed by atoms with Crippen LogP contribution < -0.4 is 5.32 Å². The monoisotopic (exact) mass is 319 g/mol. The van der Waals surface area contributed by atoms with E-state index >= 15 is 0 Å². The summed E-state index contributed by atoms with van der Waals surface area (Å²) in [6, 6.07) is 12.2. The summed E-state index contributed by atoms with van der Waals surface area (Å²) in [5, 5.41) is 4.26. The van der Waals surface area contributed by atoms with E-state index in [0.717, 1.165) is 5.56 Å². The van der Waals surface area contributed by atoms with E-state index < -0.39 is 0 Å². The van der Waals surface area contributed by atoms with Gasteiger partial charge in [-0.1, -0.05) is 47.5 Å². The van der Waals surface area contributed by atoms with Gasteiger partial charge >= 0.3 is 0 Å². The van der Waals surface area contributed by atoms with Crippen molar-refractivity contribution in [1.29, 1.82) is 0 Å². The Bertz CT molecular complexity index is 526. The van der Waals surface area contributed by atoms with Crippen LogP contribution in [0.3, 0.4) is 0 Å². The molecule has 5 heteroatoms. The second-order valence-corrected chi connectivity index (χ2v) is 4.71. The van der Waals surface area contributed by atoms with Crippen LogP contribution in [0.4, 0.5) is 4.39 Å². The van der Waals surface area contributed by atoms with E-state index in [0.29, 0.717) is 28.7 Å². The zero-order valence-electron chi connectivity index (χ0n) is 10.00. The SMILES string of the molecule is Cl.Fc1cccc(Cl)c1CNCc1ccccc1Cl. The van der Waals surface area contributed by atoms with E-state index in [9.17, 15) is 4.39 Å². The first-order valence-electron chi connectivity index (χ1n) is 5.55. The third kappa shape index (κ3) is 4.36. The fourth-order valence-corrected chi connectivity index (χ4v) is 2.10. The quantitative estimate of drug-likeness (QED) is 0.849. The summed E-state index contributed by atoms with van der Waals surface area (Å²) in [5.74, 6) is -0.297. The van der Waals surface area contributed by atoms with E-state index in [1.54, 1.807) is 12.1 Å². The molecule has 0 atom stereocenters. The Morgan fingerprint density at radius 3 is 2.26 bits per heavy atom. The number of benzene rings is 2. The maximum atomic E-state index is 13.5. The third-order valence-electron chi connectivity index (χ3n) is 2.64. The minimum Gasteiger partial charge on any atom is -0.308 e. The highest BCUT2D eigenvalue weighted by Crippen LogP contribution is 2.19. The van der Waals surface area contributed by atoms with Crippen LogP contribution in [0.1, 0.15) is 11.1 Å². The van der Waals surface area contributed by atoms with Gasteiger partial charge in [0.25, 0.3) is 0 Å². The molecule has 0 aliphatic rings. The van der Waals surface area contributed by atoms with E-state index in [1.807, 2.05) is 24.3 Å². The summed E-state index contributed by atoms with van der Waals surface area (Å²) in [6.45, 7) is 0.946. The van der Waals surface area contributed by atoms with Crippen molar-refractivity contribution < 1.29 is 4.39 Å². The first-order chi connectivity index (χ1) is 8.68. The zero-order valence-corrected chi connectivity index (χ0v) is 12.3. The average Bonchev–Trinajstić information content (AvgIpc) is 2.35. The molecule has 0 fully saturated rings. The van der Waals surface area contributed by atoms with Gasteiger partial charge in [0.15, 0.2) is 0 Å². The molecule has 0 amide bonds. The van der Waals surface area contributed by atoms with Crippen LogP contribution >= 0.6 is 35.6 Å². The lowest BCUT2D eigenvalue weighted by Gasteiger charge is -2.08. The van der Waals surface area contributed by atoms with Crippen LogP contribution in [0.5, 0.6) is 0 Å². The molecule has 19 heavy (non-hydrogen) atoms. The van der Waals surface area contributed by atoms with Gasteiger partial charge in [-0.2, -0.15) is 0 Å². The van der Waals surface area contributed by atoms with Crippen LogP contribution in [0.2, 0.25) is 10.0 Å². The fourth-order valence-electron chi connectivity index (χ4n) is 1.67. The molecule has 0 heterocycles. The second kappa shape index (κ2) is 7.71. The zero-order chi connectivity index (χ0) is 13.0. The first kappa shape index (κ1) is 16.3. The molecule has 0 unspecified atom stereocenters. The lowest BCUT2D eigenvalue weighted by Crippen LogP contribution is -2.14. The molecule has 1 N–H and O–H groups in total. The molecule has 0 bridgehead atoms. The van der Waals surface area contributed by atoms with Crippen LogP contribution in [0.25, 0.3) is 0 Å². The smallest absolute Gasteiger partial charge is 0.129 e. The predicted molar refractivity (Wildman–Crippen MR) is 80.7 cm³/mol. The summed E-state index contributed by atoms with van der Waals surface area (Å²) in [6.07, 6.45) is 0. The molecular formula is C14H13Cl3FN. The Kier molecular flexibility index (Phi) is 6.59. The Labute approximate surface area is 128 Å². The van der Waals surface area contributed by atoms with E-state index in [2.05, 4.69) is 5.32 Å². The van der Waals surface area contributed by atoms with Gasteiger partial charge in [-0.05, 0) is 23.8 Å². The van der Waals surface area contributed by atoms with Crippen molar-refractivity contribution in [3.8, 4) is 0 Å². The standard InChI is InChI=1S/C14H12Cl2FN.ClH/c15-12-5-2-1-4-10(12)8-18-9-11-13(16)6-3-7-14(11)17;/h1-7,18H,8-9H2;1H. The van der Waals surface area contributed by atoms with Crippen molar-refractivity contribution in [2.45, 2.75) is 13.1 Å². The van der Waals surface area contributed by atoms with Crippen molar-refractivity contribution in [3.63, 3.8) is 0 Å². The van der Waals surface area contributed by atoms with Gasteiger partial charge in [0.2, 0.25) is 0 Å². The van der Waals surface area contributed by atoms with Gasteiger partial charge < -0.3 is 5.32 Å². The topological polar surface area (TPSA) is 12.0 Å². The molecule has 1 nitrogen and oxygen atoms in total. The highest BCUT2D eigenvalue weighted by molar-refractivity contribution is 6.31. The molecule has 2 aromatic carbocycles. The minimum atomic E-state index is -0.297. The van der Waals surface area contributed by atoms with Gasteiger partial charge in [-0.3, -0.25) is 0 Å². The molecule has 0 aliphatic heterocycles. The maximum absolute atomic E-state index is 13.5. The van der Waals surface area contributed by atoms with E-state index in [-0.39, 0.29) is 18.2 Å². The molecule has 2 rings (SSSR count). The van der Waals surface area contributed by atoms with Crippen LogP contribution in [-0.2, 0) is 13.1 Å². The molecule has 0 aliphatic carbocycles. The summed E-state index contributed by atoms with van der Waals surface area (Å²) >= 11 is 12.0. The Balaban J connectivity index is 0.00000180. The van der Waals surface area contributed by atoms with Gasteiger partial charge in [-0.15, -0.1) is 12.4 Å². The van der Waals surface area contributed by atoms with Crippen molar-refractivity contribution in [3.05, 3.63) is 69.5 Å². The van der Waals surface area contributed by atoms with Gasteiger partial charge in [0, 0.05) is 28.7 Å². The summed E-state index contributed by atoms with van der Waals surface area (Å²) in [5.41, 5.74) is 1.46. The molecular weight excluding hydrogens is 308 g/mol. The highest BCUT2D eigenvalue weighted by Gasteiger charge is 2.06. The lowest BCUT2D eigenvalue weighted by atomic mass is 10.2. The van der Waals surface area contributed by atoms with Gasteiger partial charge in [0.1, 0.15) is 5.82 Å². The van der Waals surface area contributed by atoms with Crippen molar-refractivity contribution in [2.24, 2.45) is 0 Å². The molecule has 0 saturated carbocycles. The molecule has 0 saturated heterocycles. The third-order valence-corrected chi connectivity index (χ3v) is 3.36. The van der Waals surface area contributed by atoms with Gasteiger partial charge in [0.05, 0.1) is 0 Å². The van der Waals surface area contributed by atoms with Crippen molar-refractivity contribution >= 4 is 35.6 Å². The van der Waals surface area contributed by atoms with Gasteiger partial charge in [-0.25, -0.2) is 4.39 Å². The molecule has 0 radical (unpaired) electrons. The summed E-state index contributed by atoms with van der Waals surface area (Å²) in [4.78, 5) is 0. The molecule has 0 spiro atoms. The Hall–Kier alpha value is -0.800. The van der Waals surface area contributed by atoms with Crippen LogP contribution in [0, 0.1) is 5.82 Å². The Morgan fingerprint density at radius 2 is 1.58 bits per heavy atom. The highest BCUT2D eigenvalue weighted by atomic mass is 35.5. The maximum Gasteiger partial charge on any atom is 0.129 e. The molecule has 102 valence electrons. The van der Waals surface area contributed by atoms with E-state index in [4.69, 9.17) is 23.2 Å². The van der Waals surface area contributed by atoms with Crippen LogP contribution in [0.15, 0.2) is 42.5 Å². The fraction of sp³-hybridized carbons (Fsp3) is 0.143.